The first-order valence-corrected chi connectivity index (χ1v) is 16.8. The van der Waals surface area contributed by atoms with E-state index in [9.17, 15) is 9.59 Å². The molecular weight excluding hydrogens is 628 g/mol. The third kappa shape index (κ3) is 4.33. The van der Waals surface area contributed by atoms with Crippen molar-refractivity contribution in [3.63, 3.8) is 0 Å². The van der Waals surface area contributed by atoms with E-state index in [1.807, 2.05) is 35.3 Å². The minimum absolute atomic E-state index is 0.0548. The van der Waals surface area contributed by atoms with Gasteiger partial charge in [-0.2, -0.15) is 0 Å². The van der Waals surface area contributed by atoms with Crippen LogP contribution in [0.15, 0.2) is 53.7 Å². The Balaban J connectivity index is 1.08. The molecule has 0 aromatic carbocycles. The van der Waals surface area contributed by atoms with Gasteiger partial charge < -0.3 is 25.3 Å². The van der Waals surface area contributed by atoms with Gasteiger partial charge in [0.15, 0.2) is 5.88 Å². The van der Waals surface area contributed by atoms with Crippen LogP contribution in [0.25, 0.3) is 28.1 Å². The van der Waals surface area contributed by atoms with Gasteiger partial charge in [-0.25, -0.2) is 15.0 Å². The number of ether oxygens (including phenoxy) is 1. The second kappa shape index (κ2) is 10.1. The first-order chi connectivity index (χ1) is 23.0. The lowest BCUT2D eigenvalue weighted by Gasteiger charge is -2.20. The molecule has 2 aliphatic heterocycles. The zero-order chi connectivity index (χ0) is 33.2. The fraction of sp³-hybridized carbons (Fsp3) is 0.361. The Kier molecular flexibility index (Phi) is 6.21. The number of pyridine rings is 3. The molecule has 0 radical (unpaired) electrons. The Labute approximate surface area is 281 Å². The number of carbonyl (C=O) groups excluding carboxylic acids is 2. The molecule has 0 unspecified atom stereocenters. The molecule has 3 aliphatic carbocycles. The second-order valence-corrected chi connectivity index (χ2v) is 14.2. The average molecular weight is 663 g/mol. The van der Waals surface area contributed by atoms with Gasteiger partial charge in [0.25, 0.3) is 11.8 Å². The number of fused-ring (bicyclic) bond motifs is 2. The maximum Gasteiger partial charge on any atom is 0.258 e. The van der Waals surface area contributed by atoms with Crippen LogP contribution in [0.3, 0.4) is 0 Å². The number of amides is 2. The number of nitrogens with one attached hydrogen (secondary N) is 1. The van der Waals surface area contributed by atoms with E-state index in [0.717, 1.165) is 58.9 Å². The highest BCUT2D eigenvalue weighted by atomic mass is 35.5. The number of halogens is 1. The van der Waals surface area contributed by atoms with Crippen LogP contribution >= 0.6 is 11.6 Å². The summed E-state index contributed by atoms with van der Waals surface area (Å²) in [6.07, 6.45) is 4.04. The number of nitrogens with zero attached hydrogens (tertiary/aromatic N) is 6. The van der Waals surface area contributed by atoms with Crippen molar-refractivity contribution >= 4 is 40.1 Å². The lowest BCUT2D eigenvalue weighted by molar-refractivity contribution is 0.0791. The lowest BCUT2D eigenvalue weighted by atomic mass is 10.1. The predicted octanol–water partition coefficient (Wildman–Crippen LogP) is 5.51. The summed E-state index contributed by atoms with van der Waals surface area (Å²) < 4.78 is 10.1. The fourth-order valence-corrected chi connectivity index (χ4v) is 8.17. The van der Waals surface area contributed by atoms with Crippen LogP contribution in [0.4, 0.5) is 0 Å². The van der Waals surface area contributed by atoms with Crippen molar-refractivity contribution in [3.8, 4) is 17.3 Å². The number of hydrogen-bond donors (Lipinski definition) is 2. The maximum atomic E-state index is 13.8. The van der Waals surface area contributed by atoms with Gasteiger partial charge in [0.2, 0.25) is 0 Å². The van der Waals surface area contributed by atoms with Crippen molar-refractivity contribution in [2.45, 2.75) is 70.6 Å². The highest BCUT2D eigenvalue weighted by Crippen LogP contribution is 2.64. The number of imidazole rings is 1. The number of piperidine rings is 1. The fourth-order valence-electron chi connectivity index (χ4n) is 7.92. The largest absolute Gasteiger partial charge is 0.482 e. The Hall–Kier alpha value is -4.74. The number of nitrogens with two attached hydrogens (primary N) is 1. The molecule has 3 N–H and O–H groups in total. The highest BCUT2D eigenvalue weighted by Gasteiger charge is 2.68. The van der Waals surface area contributed by atoms with E-state index in [1.54, 1.807) is 32.2 Å². The summed E-state index contributed by atoms with van der Waals surface area (Å²) in [5, 5.41) is 4.33. The molecule has 11 nitrogen and oxygen atoms in total. The quantitative estimate of drug-likeness (QED) is 0.209. The van der Waals surface area contributed by atoms with Crippen LogP contribution in [0, 0.1) is 19.8 Å². The van der Waals surface area contributed by atoms with E-state index in [4.69, 9.17) is 32.0 Å². The number of aromatic nitrogens is 5. The second-order valence-electron chi connectivity index (χ2n) is 13.8. The molecule has 48 heavy (non-hydrogen) atoms. The molecule has 5 aromatic heterocycles. The number of methoxy groups -OCH3 is 1. The van der Waals surface area contributed by atoms with E-state index in [1.165, 1.54) is 18.4 Å². The standard InChI is InChI=1S/C36H35ClN8O3/c1-17-9-22(11-28(37)39-17)34(46)40-18(2)26-8-7-21-10-27(43(33(21)41-26)16-20-5-6-20)31-19(3)44-29(42-31)12-23(13-30(44)48-4)35(47)45-24-14-25-32(45)36(25,38)15-24/h7-13,18,20,24H,5-6,14-16,38H2,1-4H3,(H,40,46)/t18-,24+,36-/m1/s1. The minimum Gasteiger partial charge on any atom is -0.482 e. The van der Waals surface area contributed by atoms with Gasteiger partial charge in [-0.05, 0) is 94.3 Å². The van der Waals surface area contributed by atoms with E-state index < -0.39 is 0 Å². The Morgan fingerprint density at radius 1 is 1.10 bits per heavy atom. The smallest absolute Gasteiger partial charge is 0.258 e. The highest BCUT2D eigenvalue weighted by molar-refractivity contribution is 6.29. The van der Waals surface area contributed by atoms with Gasteiger partial charge in [-0.15, -0.1) is 0 Å². The minimum atomic E-state index is -0.356. The number of carbonyl (C=O) groups is 2. The monoisotopic (exact) mass is 662 g/mol. The van der Waals surface area contributed by atoms with Gasteiger partial charge in [0, 0.05) is 46.6 Å². The number of rotatable bonds is 8. The van der Waals surface area contributed by atoms with Crippen molar-refractivity contribution in [1.29, 1.82) is 0 Å². The normalized spacial score (nSPS) is 21.5. The molecule has 3 fully saturated rings. The van der Waals surface area contributed by atoms with Crippen LogP contribution in [0.5, 0.6) is 5.88 Å². The summed E-state index contributed by atoms with van der Waals surface area (Å²) >= 11 is 6.11. The molecule has 2 saturated carbocycles. The van der Waals surface area contributed by atoms with Crippen molar-refractivity contribution in [3.05, 3.63) is 87.1 Å². The average Bonchev–Trinajstić information content (AvgIpc) is 3.62. The molecular formula is C36H35ClN8O3. The molecule has 7 heterocycles. The van der Waals surface area contributed by atoms with Crippen molar-refractivity contribution < 1.29 is 14.3 Å². The zero-order valence-corrected chi connectivity index (χ0v) is 27.9. The van der Waals surface area contributed by atoms with Crippen LogP contribution in [-0.2, 0) is 6.54 Å². The molecule has 10 rings (SSSR count). The number of hydrogen-bond acceptors (Lipinski definition) is 7. The van der Waals surface area contributed by atoms with E-state index in [2.05, 4.69) is 27.0 Å². The van der Waals surface area contributed by atoms with E-state index in [-0.39, 0.29) is 34.6 Å². The van der Waals surface area contributed by atoms with Gasteiger partial charge in [0.05, 0.1) is 35.8 Å². The summed E-state index contributed by atoms with van der Waals surface area (Å²) in [5.74, 6) is 0.820. The summed E-state index contributed by atoms with van der Waals surface area (Å²) in [6, 6.07) is 12.9. The van der Waals surface area contributed by atoms with Crippen LogP contribution in [0.2, 0.25) is 5.15 Å². The Morgan fingerprint density at radius 3 is 2.58 bits per heavy atom. The molecule has 2 amide bonds. The predicted molar refractivity (Wildman–Crippen MR) is 181 cm³/mol. The van der Waals surface area contributed by atoms with Crippen molar-refractivity contribution in [2.75, 3.05) is 7.11 Å². The molecule has 0 spiro atoms. The first-order valence-electron chi connectivity index (χ1n) is 16.4. The Bertz CT molecular complexity index is 2260. The van der Waals surface area contributed by atoms with Crippen LogP contribution in [0.1, 0.15) is 76.4 Å². The molecule has 4 bridgehead atoms. The lowest BCUT2D eigenvalue weighted by Crippen LogP contribution is -2.32. The summed E-state index contributed by atoms with van der Waals surface area (Å²) in [5.41, 5.74) is 15.0. The molecule has 1 saturated heterocycles. The zero-order valence-electron chi connectivity index (χ0n) is 27.2. The van der Waals surface area contributed by atoms with Crippen LogP contribution < -0.4 is 15.8 Å². The molecule has 5 aromatic rings. The third-order valence-corrected chi connectivity index (χ3v) is 10.7. The summed E-state index contributed by atoms with van der Waals surface area (Å²) in [4.78, 5) is 43.1. The van der Waals surface area contributed by atoms with E-state index >= 15 is 0 Å². The molecule has 12 heteroatoms. The van der Waals surface area contributed by atoms with Gasteiger partial charge in [0.1, 0.15) is 22.1 Å². The van der Waals surface area contributed by atoms with Gasteiger partial charge in [-0.1, -0.05) is 11.6 Å². The number of aryl methyl sites for hydroxylation is 2. The first kappa shape index (κ1) is 29.4. The SMILES string of the molecule is COc1cc(C(=O)N2C3=C4C[C@H]2C[C@@]43N)cc2nc(-c3cc4ccc([C@@H](C)NC(=O)c5cc(C)nc(Cl)c5)nc4n3CC3CC3)c(C)n12. The molecule has 244 valence electrons. The summed E-state index contributed by atoms with van der Waals surface area (Å²) in [6.45, 7) is 6.57. The van der Waals surface area contributed by atoms with Gasteiger partial charge in [-0.3, -0.25) is 14.0 Å². The third-order valence-electron chi connectivity index (χ3n) is 10.5. The van der Waals surface area contributed by atoms with Crippen molar-refractivity contribution in [1.82, 2.24) is 34.1 Å². The molecule has 5 aliphatic rings. The molecule has 3 atom stereocenters. The van der Waals surface area contributed by atoms with E-state index in [0.29, 0.717) is 34.3 Å². The Morgan fingerprint density at radius 2 is 1.92 bits per heavy atom. The maximum absolute atomic E-state index is 13.8. The van der Waals surface area contributed by atoms with Crippen molar-refractivity contribution in [2.24, 2.45) is 11.7 Å². The topological polar surface area (TPSA) is 133 Å². The summed E-state index contributed by atoms with van der Waals surface area (Å²) in [7, 11) is 1.62. The van der Waals surface area contributed by atoms with Gasteiger partial charge >= 0.3 is 0 Å². The van der Waals surface area contributed by atoms with Crippen LogP contribution in [-0.4, -0.2) is 59.3 Å².